The molecule has 0 N–H and O–H groups in total. The maximum atomic E-state index is 2.59. The van der Waals surface area contributed by atoms with E-state index in [1.54, 1.807) is 0 Å². The van der Waals surface area contributed by atoms with Crippen molar-refractivity contribution < 1.29 is 0 Å². The summed E-state index contributed by atoms with van der Waals surface area (Å²) in [5.41, 5.74) is 27.5. The van der Waals surface area contributed by atoms with Crippen LogP contribution in [0.1, 0.15) is 61.2 Å². The molecule has 0 heteroatoms. The van der Waals surface area contributed by atoms with E-state index in [4.69, 9.17) is 0 Å². The molecule has 0 bridgehead atoms. The average molecular weight is 909 g/mol. The molecule has 12 aromatic carbocycles. The van der Waals surface area contributed by atoms with E-state index in [1.807, 2.05) is 0 Å². The number of hydrogen-bond donors (Lipinski definition) is 0. The van der Waals surface area contributed by atoms with Crippen LogP contribution in [-0.2, 0) is 10.8 Å². The van der Waals surface area contributed by atoms with Gasteiger partial charge in [0, 0.05) is 0 Å². The molecule has 0 aromatic heterocycles. The van der Waals surface area contributed by atoms with Crippen LogP contribution in [-0.4, -0.2) is 0 Å². The highest BCUT2D eigenvalue weighted by Gasteiger charge is 2.54. The van der Waals surface area contributed by atoms with Crippen LogP contribution in [0, 0.1) is 0 Å². The standard InChI is InChI=1S/C72H44/c1-2-18-46(19-3-1)47-36-34-45(35-37-47)42-59(50-38-40-58-67(44-50)71(66-41-39-48-20-4-6-22-51(48)68(58)66)61-29-13-8-24-53(61)54-25-9-14-30-62(54)71)60-43-49-21-5-7-23-52(49)70-69(60)57-28-12-17-33-65(57)72(70)63-31-15-10-26-55(63)56-27-11-16-32-64(56)72/h1-44H. The molecular weight excluding hydrogens is 865 g/mol. The van der Waals surface area contributed by atoms with Crippen molar-refractivity contribution in [3.8, 4) is 55.6 Å². The Morgan fingerprint density at radius 3 is 1.42 bits per heavy atom. The van der Waals surface area contributed by atoms with Gasteiger partial charge in [0.2, 0.25) is 0 Å². The van der Waals surface area contributed by atoms with E-state index in [0.717, 1.165) is 5.56 Å². The second kappa shape index (κ2) is 14.7. The number of hydrogen-bond acceptors (Lipinski definition) is 0. The SMILES string of the molecule is C(=C(c1ccc2c(c1)C1(c3ccccc3-c3ccccc31)c1ccc3ccccc3c1-2)c1cc2ccccc2c2c1-c1ccccc1C21c2ccccc2-c2ccccc21)c1ccc(-c2ccccc2)cc1. The monoisotopic (exact) mass is 908 g/mol. The predicted octanol–water partition coefficient (Wildman–Crippen LogP) is 17.9. The van der Waals surface area contributed by atoms with E-state index < -0.39 is 10.8 Å². The third-order valence-corrected chi connectivity index (χ3v) is 16.9. The van der Waals surface area contributed by atoms with Gasteiger partial charge >= 0.3 is 0 Å². The predicted molar refractivity (Wildman–Crippen MR) is 299 cm³/mol. The van der Waals surface area contributed by atoms with Crippen molar-refractivity contribution in [2.45, 2.75) is 10.8 Å². The first-order valence-electron chi connectivity index (χ1n) is 25.3. The molecule has 0 saturated heterocycles. The molecule has 0 unspecified atom stereocenters. The van der Waals surface area contributed by atoms with E-state index in [1.165, 1.54) is 138 Å². The number of rotatable bonds is 4. The fraction of sp³-hybridized carbons (Fsp3) is 0.0278. The van der Waals surface area contributed by atoms with E-state index in [-0.39, 0.29) is 0 Å². The third kappa shape index (κ3) is 5.06. The van der Waals surface area contributed by atoms with Gasteiger partial charge in [-0.2, -0.15) is 0 Å². The lowest BCUT2D eigenvalue weighted by molar-refractivity contribution is 0.794. The quantitative estimate of drug-likeness (QED) is 0.154. The summed E-state index contributed by atoms with van der Waals surface area (Å²) < 4.78 is 0. The Labute approximate surface area is 419 Å². The van der Waals surface area contributed by atoms with Gasteiger partial charge in [0.05, 0.1) is 10.8 Å². The summed E-state index contributed by atoms with van der Waals surface area (Å²) in [5.74, 6) is 0. The molecule has 4 aliphatic rings. The minimum atomic E-state index is -0.515. The van der Waals surface area contributed by atoms with Gasteiger partial charge in [-0.1, -0.05) is 249 Å². The van der Waals surface area contributed by atoms with Gasteiger partial charge in [-0.3, -0.25) is 0 Å². The van der Waals surface area contributed by atoms with Gasteiger partial charge in [0.1, 0.15) is 0 Å². The normalized spacial score (nSPS) is 14.4. The molecule has 0 amide bonds. The molecule has 72 heavy (non-hydrogen) atoms. The second-order valence-electron chi connectivity index (χ2n) is 20.1. The summed E-state index contributed by atoms with van der Waals surface area (Å²) in [4.78, 5) is 0. The van der Waals surface area contributed by atoms with E-state index in [0.29, 0.717) is 0 Å². The molecule has 0 heterocycles. The minimum absolute atomic E-state index is 0.514. The average Bonchev–Trinajstić information content (AvgIpc) is 4.14. The summed E-state index contributed by atoms with van der Waals surface area (Å²) in [6, 6.07) is 98.8. The first-order chi connectivity index (χ1) is 35.7. The molecule has 332 valence electrons. The molecule has 0 aliphatic heterocycles. The molecule has 0 atom stereocenters. The van der Waals surface area contributed by atoms with E-state index in [9.17, 15) is 0 Å². The van der Waals surface area contributed by atoms with Crippen LogP contribution >= 0.6 is 0 Å². The van der Waals surface area contributed by atoms with Gasteiger partial charge in [-0.25, -0.2) is 0 Å². The molecule has 0 radical (unpaired) electrons. The largest absolute Gasteiger partial charge is 0.0731 e. The van der Waals surface area contributed by atoms with Gasteiger partial charge in [0.25, 0.3) is 0 Å². The summed E-state index contributed by atoms with van der Waals surface area (Å²) in [5, 5.41) is 5.08. The van der Waals surface area contributed by atoms with Crippen LogP contribution in [0.3, 0.4) is 0 Å². The summed E-state index contributed by atoms with van der Waals surface area (Å²) in [6.45, 7) is 0. The summed E-state index contributed by atoms with van der Waals surface area (Å²) in [6.07, 6.45) is 2.48. The Bertz CT molecular complexity index is 4220. The highest BCUT2D eigenvalue weighted by atomic mass is 14.6. The second-order valence-corrected chi connectivity index (χ2v) is 20.1. The molecule has 0 nitrogen and oxygen atoms in total. The Kier molecular flexibility index (Phi) is 8.12. The van der Waals surface area contributed by atoms with Crippen molar-refractivity contribution in [3.63, 3.8) is 0 Å². The van der Waals surface area contributed by atoms with E-state index >= 15 is 0 Å². The first-order valence-corrected chi connectivity index (χ1v) is 25.3. The van der Waals surface area contributed by atoms with Gasteiger partial charge in [-0.05, 0) is 162 Å². The third-order valence-electron chi connectivity index (χ3n) is 16.9. The fourth-order valence-electron chi connectivity index (χ4n) is 14.1. The maximum absolute atomic E-state index is 2.59. The molecule has 4 aliphatic carbocycles. The lowest BCUT2D eigenvalue weighted by Gasteiger charge is -2.32. The van der Waals surface area contributed by atoms with E-state index in [2.05, 4.69) is 267 Å². The Morgan fingerprint density at radius 2 is 0.778 bits per heavy atom. The first kappa shape index (κ1) is 39.7. The molecule has 12 aromatic rings. The lowest BCUT2D eigenvalue weighted by Crippen LogP contribution is -2.26. The van der Waals surface area contributed by atoms with Crippen molar-refractivity contribution in [2.75, 3.05) is 0 Å². The van der Waals surface area contributed by atoms with Crippen LogP contribution < -0.4 is 0 Å². The van der Waals surface area contributed by atoms with Gasteiger partial charge in [0.15, 0.2) is 0 Å². The Morgan fingerprint density at radius 1 is 0.292 bits per heavy atom. The molecule has 2 spiro atoms. The molecule has 0 fully saturated rings. The van der Waals surface area contributed by atoms with Crippen LogP contribution in [0.15, 0.2) is 261 Å². The maximum Gasteiger partial charge on any atom is 0.0731 e. The van der Waals surface area contributed by atoms with Gasteiger partial charge < -0.3 is 0 Å². The van der Waals surface area contributed by atoms with Crippen LogP contribution in [0.5, 0.6) is 0 Å². The van der Waals surface area contributed by atoms with Gasteiger partial charge in [-0.15, -0.1) is 0 Å². The van der Waals surface area contributed by atoms with Crippen LogP contribution in [0.25, 0.3) is 88.8 Å². The van der Waals surface area contributed by atoms with Crippen molar-refractivity contribution in [1.29, 1.82) is 0 Å². The fourth-order valence-corrected chi connectivity index (χ4v) is 14.1. The Hall–Kier alpha value is -9.10. The molecule has 0 saturated carbocycles. The van der Waals surface area contributed by atoms with Crippen molar-refractivity contribution >= 4 is 33.2 Å². The number of benzene rings is 12. The lowest BCUT2D eigenvalue weighted by atomic mass is 9.69. The topological polar surface area (TPSA) is 0 Å². The van der Waals surface area contributed by atoms with Crippen LogP contribution in [0.2, 0.25) is 0 Å². The highest BCUT2D eigenvalue weighted by Crippen LogP contribution is 2.67. The van der Waals surface area contributed by atoms with Crippen molar-refractivity contribution in [3.05, 3.63) is 322 Å². The zero-order chi connectivity index (χ0) is 47.1. The molecular formula is C72H44. The number of fused-ring (bicyclic) bond motifs is 24. The molecule has 16 rings (SSSR count). The van der Waals surface area contributed by atoms with Crippen LogP contribution in [0.4, 0.5) is 0 Å². The smallest absolute Gasteiger partial charge is 0.0622 e. The Balaban J connectivity index is 1.03. The zero-order valence-corrected chi connectivity index (χ0v) is 39.4. The minimum Gasteiger partial charge on any atom is -0.0622 e. The highest BCUT2D eigenvalue weighted by molar-refractivity contribution is 6.12. The summed E-state index contributed by atoms with van der Waals surface area (Å²) in [7, 11) is 0. The zero-order valence-electron chi connectivity index (χ0n) is 39.4. The van der Waals surface area contributed by atoms with Crippen molar-refractivity contribution in [1.82, 2.24) is 0 Å². The van der Waals surface area contributed by atoms with Crippen molar-refractivity contribution in [2.24, 2.45) is 0 Å². The summed E-state index contributed by atoms with van der Waals surface area (Å²) >= 11 is 0.